The maximum atomic E-state index is 12.8. The van der Waals surface area contributed by atoms with Crippen LogP contribution in [-0.2, 0) is 10.0 Å². The van der Waals surface area contributed by atoms with Gasteiger partial charge in [0.1, 0.15) is 4.90 Å². The Bertz CT molecular complexity index is 624. The van der Waals surface area contributed by atoms with E-state index in [9.17, 15) is 8.42 Å². The summed E-state index contributed by atoms with van der Waals surface area (Å²) in [6.45, 7) is 6.94. The number of hydrogen-bond donors (Lipinski definition) is 2. The molecule has 7 heteroatoms. The second-order valence-electron chi connectivity index (χ2n) is 7.09. The monoisotopic (exact) mass is 340 g/mol. The summed E-state index contributed by atoms with van der Waals surface area (Å²) in [6.07, 6.45) is 5.79. The van der Waals surface area contributed by atoms with Crippen molar-refractivity contribution < 1.29 is 8.42 Å². The third-order valence-corrected chi connectivity index (χ3v) is 7.63. The quantitative estimate of drug-likeness (QED) is 0.859. The van der Waals surface area contributed by atoms with Gasteiger partial charge in [-0.2, -0.15) is 9.40 Å². The Labute approximate surface area is 139 Å². The van der Waals surface area contributed by atoms with Crippen LogP contribution in [0.1, 0.15) is 50.4 Å². The fraction of sp³-hybridized carbons (Fsp3) is 0.812. The minimum Gasteiger partial charge on any atom is -0.311 e. The Kier molecular flexibility index (Phi) is 4.80. The smallest absolute Gasteiger partial charge is 0.246 e. The molecular formula is C16H28N4O2S. The van der Waals surface area contributed by atoms with E-state index in [2.05, 4.69) is 22.4 Å². The number of aromatic amines is 1. The molecule has 2 fully saturated rings. The summed E-state index contributed by atoms with van der Waals surface area (Å²) in [5.41, 5.74) is 1.18. The minimum absolute atomic E-state index is 0.353. The van der Waals surface area contributed by atoms with Gasteiger partial charge in [0.15, 0.2) is 0 Å². The van der Waals surface area contributed by atoms with Crippen molar-refractivity contribution in [3.8, 4) is 0 Å². The maximum Gasteiger partial charge on any atom is 0.246 e. The highest BCUT2D eigenvalue weighted by molar-refractivity contribution is 7.89. The summed E-state index contributed by atoms with van der Waals surface area (Å²) in [5, 5.41) is 10.5. The molecule has 0 bridgehead atoms. The highest BCUT2D eigenvalue weighted by Gasteiger charge is 2.34. The van der Waals surface area contributed by atoms with Crippen LogP contribution in [0.3, 0.4) is 0 Å². The Hall–Kier alpha value is -0.920. The van der Waals surface area contributed by atoms with Crippen LogP contribution in [0.25, 0.3) is 0 Å². The molecule has 1 aliphatic carbocycles. The van der Waals surface area contributed by atoms with Gasteiger partial charge in [0.2, 0.25) is 10.0 Å². The molecule has 1 aromatic rings. The number of aromatic nitrogens is 2. The van der Waals surface area contributed by atoms with E-state index in [0.717, 1.165) is 18.8 Å². The van der Waals surface area contributed by atoms with Gasteiger partial charge in [0.25, 0.3) is 0 Å². The zero-order valence-corrected chi connectivity index (χ0v) is 15.1. The summed E-state index contributed by atoms with van der Waals surface area (Å²) < 4.78 is 27.3. The third kappa shape index (κ3) is 3.32. The molecular weight excluding hydrogens is 312 g/mol. The van der Waals surface area contributed by atoms with Crippen molar-refractivity contribution >= 4 is 10.0 Å². The lowest BCUT2D eigenvalue weighted by Crippen LogP contribution is -2.49. The zero-order valence-electron chi connectivity index (χ0n) is 14.3. The van der Waals surface area contributed by atoms with Gasteiger partial charge in [0, 0.05) is 25.2 Å². The van der Waals surface area contributed by atoms with E-state index >= 15 is 0 Å². The summed E-state index contributed by atoms with van der Waals surface area (Å²) in [4.78, 5) is 0.353. The van der Waals surface area contributed by atoms with Crippen LogP contribution in [0.5, 0.6) is 0 Å². The summed E-state index contributed by atoms with van der Waals surface area (Å²) in [6, 6.07) is 0.985. The molecule has 0 amide bonds. The number of H-pyrrole nitrogens is 1. The SMILES string of the molecule is Cc1n[nH]c(C)c1S(=O)(=O)N1CCC(N[C@H](C)C2CCC2)CC1. The number of sulfonamides is 1. The average Bonchev–Trinajstić information content (AvgIpc) is 2.77. The lowest BCUT2D eigenvalue weighted by molar-refractivity contribution is 0.201. The van der Waals surface area contributed by atoms with Gasteiger partial charge in [0.05, 0.1) is 11.4 Å². The number of hydrogen-bond acceptors (Lipinski definition) is 4. The molecule has 1 saturated carbocycles. The van der Waals surface area contributed by atoms with Crippen LogP contribution < -0.4 is 5.32 Å². The molecule has 6 nitrogen and oxygen atoms in total. The molecule has 2 N–H and O–H groups in total. The van der Waals surface area contributed by atoms with Gasteiger partial charge in [-0.15, -0.1) is 0 Å². The molecule has 0 aromatic carbocycles. The van der Waals surface area contributed by atoms with Gasteiger partial charge in [-0.05, 0) is 52.4 Å². The topological polar surface area (TPSA) is 78.1 Å². The second-order valence-corrected chi connectivity index (χ2v) is 8.96. The van der Waals surface area contributed by atoms with Crippen LogP contribution in [-0.4, -0.2) is 48.1 Å². The summed E-state index contributed by atoms with van der Waals surface area (Å²) >= 11 is 0. The lowest BCUT2D eigenvalue weighted by Gasteiger charge is -2.37. The first kappa shape index (κ1) is 16.9. The number of nitrogens with zero attached hydrogens (tertiary/aromatic N) is 2. The highest BCUT2D eigenvalue weighted by atomic mass is 32.2. The van der Waals surface area contributed by atoms with E-state index in [1.165, 1.54) is 19.3 Å². The van der Waals surface area contributed by atoms with E-state index in [-0.39, 0.29) is 0 Å². The van der Waals surface area contributed by atoms with Crippen molar-refractivity contribution in [3.05, 3.63) is 11.4 Å². The van der Waals surface area contributed by atoms with Crippen LogP contribution >= 0.6 is 0 Å². The van der Waals surface area contributed by atoms with Crippen molar-refractivity contribution in [1.29, 1.82) is 0 Å². The molecule has 23 heavy (non-hydrogen) atoms. The molecule has 3 rings (SSSR count). The molecule has 130 valence electrons. The molecule has 1 aromatic heterocycles. The van der Waals surface area contributed by atoms with Crippen LogP contribution in [0, 0.1) is 19.8 Å². The van der Waals surface area contributed by atoms with E-state index in [1.54, 1.807) is 18.2 Å². The first-order valence-corrected chi connectivity index (χ1v) is 10.1. The van der Waals surface area contributed by atoms with E-state index in [1.807, 2.05) is 0 Å². The molecule has 2 heterocycles. The van der Waals surface area contributed by atoms with Crippen molar-refractivity contribution in [2.24, 2.45) is 5.92 Å². The molecule has 1 atom stereocenters. The van der Waals surface area contributed by atoms with E-state index in [0.29, 0.717) is 41.5 Å². The molecule has 2 aliphatic rings. The first-order valence-electron chi connectivity index (χ1n) is 8.67. The standard InChI is InChI=1S/C16H28N4O2S/c1-11(14-5-4-6-14)17-15-7-9-20(10-8-15)23(21,22)16-12(2)18-19-13(16)3/h11,14-15,17H,4-10H2,1-3H3,(H,18,19)/t11-/m1/s1. The number of aryl methyl sites for hydroxylation is 2. The fourth-order valence-electron chi connectivity index (χ4n) is 3.76. The Morgan fingerprint density at radius 2 is 1.87 bits per heavy atom. The zero-order chi connectivity index (χ0) is 16.6. The maximum absolute atomic E-state index is 12.8. The number of piperidine rings is 1. The van der Waals surface area contributed by atoms with Crippen LogP contribution in [0.15, 0.2) is 4.90 Å². The van der Waals surface area contributed by atoms with Gasteiger partial charge in [-0.1, -0.05) is 6.42 Å². The highest BCUT2D eigenvalue weighted by Crippen LogP contribution is 2.30. The van der Waals surface area contributed by atoms with Crippen LogP contribution in [0.4, 0.5) is 0 Å². The predicted molar refractivity (Wildman–Crippen MR) is 89.8 cm³/mol. The largest absolute Gasteiger partial charge is 0.311 e. The van der Waals surface area contributed by atoms with Crippen molar-refractivity contribution in [2.45, 2.75) is 69.9 Å². The summed E-state index contributed by atoms with van der Waals surface area (Å²) in [7, 11) is -3.43. The molecule has 0 unspecified atom stereocenters. The molecule has 0 spiro atoms. The number of rotatable bonds is 5. The first-order chi connectivity index (χ1) is 10.9. The van der Waals surface area contributed by atoms with Gasteiger partial charge >= 0.3 is 0 Å². The van der Waals surface area contributed by atoms with E-state index in [4.69, 9.17) is 0 Å². The molecule has 1 saturated heterocycles. The molecule has 0 radical (unpaired) electrons. The normalized spacial score (nSPS) is 22.9. The van der Waals surface area contributed by atoms with Gasteiger partial charge < -0.3 is 5.32 Å². The Balaban J connectivity index is 1.60. The van der Waals surface area contributed by atoms with E-state index < -0.39 is 10.0 Å². The third-order valence-electron chi connectivity index (χ3n) is 5.47. The number of nitrogens with one attached hydrogen (secondary N) is 2. The fourth-order valence-corrected chi connectivity index (χ4v) is 5.56. The van der Waals surface area contributed by atoms with Gasteiger partial charge in [-0.3, -0.25) is 5.10 Å². The summed E-state index contributed by atoms with van der Waals surface area (Å²) in [5.74, 6) is 0.813. The molecule has 1 aliphatic heterocycles. The Morgan fingerprint density at radius 3 is 2.35 bits per heavy atom. The average molecular weight is 340 g/mol. The Morgan fingerprint density at radius 1 is 1.22 bits per heavy atom. The van der Waals surface area contributed by atoms with Crippen LogP contribution in [0.2, 0.25) is 0 Å². The van der Waals surface area contributed by atoms with Crippen molar-refractivity contribution in [1.82, 2.24) is 19.8 Å². The van der Waals surface area contributed by atoms with Gasteiger partial charge in [-0.25, -0.2) is 8.42 Å². The van der Waals surface area contributed by atoms with Crippen molar-refractivity contribution in [3.63, 3.8) is 0 Å². The predicted octanol–water partition coefficient (Wildman–Crippen LogP) is 1.96. The second kappa shape index (κ2) is 6.53. The van der Waals surface area contributed by atoms with Crippen molar-refractivity contribution in [2.75, 3.05) is 13.1 Å². The minimum atomic E-state index is -3.43. The lowest BCUT2D eigenvalue weighted by atomic mass is 9.80.